The lowest BCUT2D eigenvalue weighted by atomic mass is 10.1. The van der Waals surface area contributed by atoms with Crippen LogP contribution in [0.5, 0.6) is 11.5 Å². The molecular formula is C16H28N2O2. The van der Waals surface area contributed by atoms with Crippen LogP contribution in [0.3, 0.4) is 0 Å². The molecule has 0 radical (unpaired) electrons. The maximum absolute atomic E-state index is 5.75. The van der Waals surface area contributed by atoms with E-state index in [9.17, 15) is 0 Å². The van der Waals surface area contributed by atoms with Gasteiger partial charge in [0.2, 0.25) is 0 Å². The molecule has 4 heteroatoms. The highest BCUT2D eigenvalue weighted by atomic mass is 16.5. The molecule has 0 aliphatic rings. The lowest BCUT2D eigenvalue weighted by Crippen LogP contribution is -2.37. The summed E-state index contributed by atoms with van der Waals surface area (Å²) in [5.41, 5.74) is 6.97. The molecule has 0 fully saturated rings. The molecule has 0 bridgehead atoms. The first-order valence-electron chi connectivity index (χ1n) is 7.35. The van der Waals surface area contributed by atoms with E-state index < -0.39 is 0 Å². The molecule has 0 aliphatic carbocycles. The molecule has 0 heterocycles. The van der Waals surface area contributed by atoms with Gasteiger partial charge < -0.3 is 15.2 Å². The molecule has 1 rings (SSSR count). The highest BCUT2D eigenvalue weighted by Gasteiger charge is 2.15. The molecule has 1 aromatic carbocycles. The largest absolute Gasteiger partial charge is 0.493 e. The van der Waals surface area contributed by atoms with Crippen LogP contribution in [0.2, 0.25) is 0 Å². The van der Waals surface area contributed by atoms with Crippen LogP contribution in [0.25, 0.3) is 0 Å². The normalized spacial score (nSPS) is 11.2. The van der Waals surface area contributed by atoms with Crippen LogP contribution in [0, 0.1) is 0 Å². The number of rotatable bonds is 9. The number of methoxy groups -OCH3 is 2. The Kier molecular flexibility index (Phi) is 7.41. The van der Waals surface area contributed by atoms with Gasteiger partial charge in [-0.05, 0) is 30.5 Å². The minimum atomic E-state index is 0.576. The molecular weight excluding hydrogens is 252 g/mol. The monoisotopic (exact) mass is 280 g/mol. The van der Waals surface area contributed by atoms with Gasteiger partial charge in [-0.1, -0.05) is 19.9 Å². The molecule has 0 saturated heterocycles. The fourth-order valence-electron chi connectivity index (χ4n) is 2.58. The van der Waals surface area contributed by atoms with Crippen LogP contribution in [0.15, 0.2) is 18.2 Å². The van der Waals surface area contributed by atoms with Crippen molar-refractivity contribution in [2.75, 3.05) is 27.3 Å². The first kappa shape index (κ1) is 16.8. The van der Waals surface area contributed by atoms with Crippen LogP contribution in [0.1, 0.15) is 32.3 Å². The lowest BCUT2D eigenvalue weighted by molar-refractivity contribution is 0.182. The summed E-state index contributed by atoms with van der Waals surface area (Å²) in [6, 6.07) is 6.67. The van der Waals surface area contributed by atoms with E-state index in [1.54, 1.807) is 14.2 Å². The Hall–Kier alpha value is -1.26. The Morgan fingerprint density at radius 2 is 1.75 bits per heavy atom. The van der Waals surface area contributed by atoms with Crippen molar-refractivity contribution in [2.24, 2.45) is 5.73 Å². The number of ether oxygens (including phenoxy) is 2. The number of hydrogen-bond donors (Lipinski definition) is 1. The summed E-state index contributed by atoms with van der Waals surface area (Å²) in [7, 11) is 3.32. The molecule has 114 valence electrons. The van der Waals surface area contributed by atoms with E-state index in [1.165, 1.54) is 5.56 Å². The fraction of sp³-hybridized carbons (Fsp3) is 0.625. The zero-order chi connectivity index (χ0) is 15.0. The predicted molar refractivity (Wildman–Crippen MR) is 83.4 cm³/mol. The maximum Gasteiger partial charge on any atom is 0.161 e. The van der Waals surface area contributed by atoms with E-state index in [1.807, 2.05) is 12.1 Å². The van der Waals surface area contributed by atoms with Gasteiger partial charge in [-0.2, -0.15) is 0 Å². The van der Waals surface area contributed by atoms with Crippen molar-refractivity contribution >= 4 is 0 Å². The topological polar surface area (TPSA) is 47.7 Å². The minimum Gasteiger partial charge on any atom is -0.493 e. The Morgan fingerprint density at radius 3 is 2.25 bits per heavy atom. The minimum absolute atomic E-state index is 0.576. The van der Waals surface area contributed by atoms with Crippen LogP contribution in [0.4, 0.5) is 0 Å². The van der Waals surface area contributed by atoms with E-state index in [0.29, 0.717) is 12.6 Å². The van der Waals surface area contributed by atoms with Gasteiger partial charge in [0, 0.05) is 25.7 Å². The first-order valence-corrected chi connectivity index (χ1v) is 7.35. The van der Waals surface area contributed by atoms with Gasteiger partial charge in [0.15, 0.2) is 11.5 Å². The SMILES string of the molecule is CCC(CC)N(CCN)Cc1ccc(OC)c(OC)c1. The van der Waals surface area contributed by atoms with Gasteiger partial charge in [0.25, 0.3) is 0 Å². The van der Waals surface area contributed by atoms with Crippen molar-refractivity contribution in [1.29, 1.82) is 0 Å². The third kappa shape index (κ3) is 4.39. The van der Waals surface area contributed by atoms with Crippen molar-refractivity contribution in [3.8, 4) is 11.5 Å². The van der Waals surface area contributed by atoms with E-state index in [2.05, 4.69) is 24.8 Å². The van der Waals surface area contributed by atoms with E-state index in [4.69, 9.17) is 15.2 Å². The predicted octanol–water partition coefficient (Wildman–Crippen LogP) is 2.65. The van der Waals surface area contributed by atoms with Crippen molar-refractivity contribution in [1.82, 2.24) is 4.90 Å². The van der Waals surface area contributed by atoms with E-state index >= 15 is 0 Å². The number of benzene rings is 1. The fourth-order valence-corrected chi connectivity index (χ4v) is 2.58. The van der Waals surface area contributed by atoms with Crippen molar-refractivity contribution in [2.45, 2.75) is 39.3 Å². The van der Waals surface area contributed by atoms with Gasteiger partial charge in [-0.15, -0.1) is 0 Å². The maximum atomic E-state index is 5.75. The number of nitrogens with two attached hydrogens (primary N) is 1. The van der Waals surface area contributed by atoms with Gasteiger partial charge in [0.1, 0.15) is 0 Å². The Bertz CT molecular complexity index is 392. The first-order chi connectivity index (χ1) is 9.69. The highest BCUT2D eigenvalue weighted by Crippen LogP contribution is 2.28. The second-order valence-electron chi connectivity index (χ2n) is 4.92. The average molecular weight is 280 g/mol. The summed E-state index contributed by atoms with van der Waals surface area (Å²) < 4.78 is 10.6. The van der Waals surface area contributed by atoms with Crippen molar-refractivity contribution < 1.29 is 9.47 Å². The van der Waals surface area contributed by atoms with Crippen LogP contribution >= 0.6 is 0 Å². The van der Waals surface area contributed by atoms with Crippen LogP contribution < -0.4 is 15.2 Å². The van der Waals surface area contributed by atoms with E-state index in [-0.39, 0.29) is 0 Å². The second-order valence-corrected chi connectivity index (χ2v) is 4.92. The Morgan fingerprint density at radius 1 is 1.10 bits per heavy atom. The van der Waals surface area contributed by atoms with Crippen molar-refractivity contribution in [3.05, 3.63) is 23.8 Å². The van der Waals surface area contributed by atoms with E-state index in [0.717, 1.165) is 37.4 Å². The zero-order valence-corrected chi connectivity index (χ0v) is 13.2. The summed E-state index contributed by atoms with van der Waals surface area (Å²) in [5.74, 6) is 1.55. The third-order valence-corrected chi connectivity index (χ3v) is 3.71. The summed E-state index contributed by atoms with van der Waals surface area (Å²) in [6.45, 7) is 6.95. The zero-order valence-electron chi connectivity index (χ0n) is 13.2. The quantitative estimate of drug-likeness (QED) is 0.755. The molecule has 0 unspecified atom stereocenters. The molecule has 4 nitrogen and oxygen atoms in total. The van der Waals surface area contributed by atoms with Gasteiger partial charge in [0.05, 0.1) is 14.2 Å². The summed E-state index contributed by atoms with van der Waals surface area (Å²) >= 11 is 0. The standard InChI is InChI=1S/C16H28N2O2/c1-5-14(6-2)18(10-9-17)12-13-7-8-15(19-3)16(11-13)20-4/h7-8,11,14H,5-6,9-10,12,17H2,1-4H3. The third-order valence-electron chi connectivity index (χ3n) is 3.71. The number of nitrogens with zero attached hydrogens (tertiary/aromatic N) is 1. The summed E-state index contributed by atoms with van der Waals surface area (Å²) in [4.78, 5) is 2.45. The van der Waals surface area contributed by atoms with Gasteiger partial charge in [-0.25, -0.2) is 0 Å². The molecule has 0 spiro atoms. The van der Waals surface area contributed by atoms with Crippen LogP contribution in [-0.2, 0) is 6.54 Å². The highest BCUT2D eigenvalue weighted by molar-refractivity contribution is 5.42. The summed E-state index contributed by atoms with van der Waals surface area (Å²) in [5, 5.41) is 0. The Labute approximate surface area is 122 Å². The molecule has 0 aromatic heterocycles. The molecule has 2 N–H and O–H groups in total. The number of hydrogen-bond acceptors (Lipinski definition) is 4. The van der Waals surface area contributed by atoms with Gasteiger partial charge >= 0.3 is 0 Å². The molecule has 0 aliphatic heterocycles. The van der Waals surface area contributed by atoms with Crippen molar-refractivity contribution in [3.63, 3.8) is 0 Å². The smallest absolute Gasteiger partial charge is 0.161 e. The average Bonchev–Trinajstić information content (AvgIpc) is 2.48. The Balaban J connectivity index is 2.87. The van der Waals surface area contributed by atoms with Crippen LogP contribution in [-0.4, -0.2) is 38.3 Å². The second kappa shape index (κ2) is 8.82. The molecule has 0 amide bonds. The molecule has 1 aromatic rings. The molecule has 0 atom stereocenters. The molecule has 0 saturated carbocycles. The molecule has 20 heavy (non-hydrogen) atoms. The van der Waals surface area contributed by atoms with Gasteiger partial charge in [-0.3, -0.25) is 4.90 Å². The lowest BCUT2D eigenvalue weighted by Gasteiger charge is -2.30. The summed E-state index contributed by atoms with van der Waals surface area (Å²) in [6.07, 6.45) is 2.29.